The molecule has 0 aromatic heterocycles. The van der Waals surface area contributed by atoms with Gasteiger partial charge >= 0.3 is 6.09 Å². The number of hydrogen-bond donors (Lipinski definition) is 2. The van der Waals surface area contributed by atoms with Crippen molar-refractivity contribution in [3.8, 4) is 11.1 Å². The lowest BCUT2D eigenvalue weighted by Crippen LogP contribution is -2.35. The molecule has 1 atom stereocenters. The van der Waals surface area contributed by atoms with E-state index in [2.05, 4.69) is 29.6 Å². The van der Waals surface area contributed by atoms with Crippen molar-refractivity contribution in [1.29, 1.82) is 0 Å². The number of carbonyl (C=O) groups is 1. The van der Waals surface area contributed by atoms with Gasteiger partial charge in [-0.25, -0.2) is 4.79 Å². The van der Waals surface area contributed by atoms with Gasteiger partial charge in [0.05, 0.1) is 12.7 Å². The molecule has 27 heavy (non-hydrogen) atoms. The standard InChI is InChI=1S/C22H27NO4/c1-15(2)12-26-13-16(24)11-23-22(25)27-14-21-19-9-5-3-7-17(19)18-8-4-6-10-20(18)21/h3-10,15-16,21,24H,11-14H2,1-2H3,(H,23,25). The Labute approximate surface area is 160 Å². The first-order valence-corrected chi connectivity index (χ1v) is 9.41. The molecule has 2 N–H and O–H groups in total. The Morgan fingerprint density at radius 3 is 2.22 bits per heavy atom. The van der Waals surface area contributed by atoms with Gasteiger partial charge in [-0.3, -0.25) is 0 Å². The average Bonchev–Trinajstić information content (AvgIpc) is 2.98. The van der Waals surface area contributed by atoms with Crippen molar-refractivity contribution in [3.05, 3.63) is 59.7 Å². The molecule has 2 aromatic rings. The number of rotatable bonds is 8. The Hall–Kier alpha value is -2.37. The van der Waals surface area contributed by atoms with Crippen molar-refractivity contribution in [2.24, 2.45) is 5.92 Å². The molecule has 144 valence electrons. The smallest absolute Gasteiger partial charge is 0.407 e. The van der Waals surface area contributed by atoms with E-state index in [0.717, 1.165) is 0 Å². The van der Waals surface area contributed by atoms with Crippen LogP contribution >= 0.6 is 0 Å². The molecular weight excluding hydrogens is 342 g/mol. The molecule has 1 aliphatic rings. The molecule has 2 aromatic carbocycles. The number of benzene rings is 2. The molecule has 1 aliphatic carbocycles. The van der Waals surface area contributed by atoms with Crippen molar-refractivity contribution in [2.45, 2.75) is 25.9 Å². The molecule has 0 radical (unpaired) electrons. The molecule has 1 unspecified atom stereocenters. The molecule has 1 amide bonds. The first-order chi connectivity index (χ1) is 13.1. The third-order valence-electron chi connectivity index (χ3n) is 4.59. The van der Waals surface area contributed by atoms with Crippen LogP contribution < -0.4 is 5.32 Å². The lowest BCUT2D eigenvalue weighted by atomic mass is 9.98. The fraction of sp³-hybridized carbons (Fsp3) is 0.409. The van der Waals surface area contributed by atoms with Gasteiger partial charge in [0.1, 0.15) is 6.61 Å². The SMILES string of the molecule is CC(C)COCC(O)CNC(=O)OCC1c2ccccc2-c2ccccc21. The number of aliphatic hydroxyl groups excluding tert-OH is 1. The Morgan fingerprint density at radius 1 is 1.04 bits per heavy atom. The quantitative estimate of drug-likeness (QED) is 0.747. The van der Waals surface area contributed by atoms with Gasteiger partial charge in [-0.1, -0.05) is 62.4 Å². The van der Waals surface area contributed by atoms with Crippen LogP contribution in [0.2, 0.25) is 0 Å². The minimum atomic E-state index is -0.746. The van der Waals surface area contributed by atoms with Crippen molar-refractivity contribution in [2.75, 3.05) is 26.4 Å². The van der Waals surface area contributed by atoms with E-state index in [1.807, 2.05) is 38.1 Å². The minimum Gasteiger partial charge on any atom is -0.449 e. The second kappa shape index (κ2) is 9.02. The highest BCUT2D eigenvalue weighted by Crippen LogP contribution is 2.44. The van der Waals surface area contributed by atoms with Gasteiger partial charge in [0.15, 0.2) is 0 Å². The van der Waals surface area contributed by atoms with Crippen LogP contribution in [-0.4, -0.2) is 43.7 Å². The average molecular weight is 369 g/mol. The Bertz CT molecular complexity index is 729. The fourth-order valence-electron chi connectivity index (χ4n) is 3.35. The predicted octanol–water partition coefficient (Wildman–Crippen LogP) is 3.56. The van der Waals surface area contributed by atoms with E-state index in [-0.39, 0.29) is 25.7 Å². The van der Waals surface area contributed by atoms with Crippen molar-refractivity contribution in [3.63, 3.8) is 0 Å². The molecule has 0 fully saturated rings. The molecule has 5 heteroatoms. The first kappa shape index (κ1) is 19.4. The zero-order chi connectivity index (χ0) is 19.2. The van der Waals surface area contributed by atoms with Crippen LogP contribution in [0.25, 0.3) is 11.1 Å². The highest BCUT2D eigenvalue weighted by atomic mass is 16.5. The third-order valence-corrected chi connectivity index (χ3v) is 4.59. The van der Waals surface area contributed by atoms with E-state index in [0.29, 0.717) is 12.5 Å². The minimum absolute atomic E-state index is 0.0300. The molecule has 0 saturated heterocycles. The van der Waals surface area contributed by atoms with E-state index in [4.69, 9.17) is 9.47 Å². The van der Waals surface area contributed by atoms with Crippen LogP contribution in [0.5, 0.6) is 0 Å². The number of amides is 1. The van der Waals surface area contributed by atoms with Gasteiger partial charge < -0.3 is 19.9 Å². The maximum atomic E-state index is 12.0. The second-order valence-corrected chi connectivity index (χ2v) is 7.29. The molecule has 0 spiro atoms. The fourth-order valence-corrected chi connectivity index (χ4v) is 3.35. The second-order valence-electron chi connectivity index (χ2n) is 7.29. The van der Waals surface area contributed by atoms with Crippen molar-refractivity contribution in [1.82, 2.24) is 5.32 Å². The van der Waals surface area contributed by atoms with Gasteiger partial charge in [0, 0.05) is 19.1 Å². The largest absolute Gasteiger partial charge is 0.449 e. The lowest BCUT2D eigenvalue weighted by molar-refractivity contribution is 0.0255. The number of hydrogen-bond acceptors (Lipinski definition) is 4. The van der Waals surface area contributed by atoms with E-state index < -0.39 is 12.2 Å². The van der Waals surface area contributed by atoms with Crippen LogP contribution in [0.3, 0.4) is 0 Å². The van der Waals surface area contributed by atoms with Crippen LogP contribution in [0.1, 0.15) is 30.9 Å². The number of alkyl carbamates (subject to hydrolysis) is 1. The Balaban J connectivity index is 1.51. The van der Waals surface area contributed by atoms with Gasteiger partial charge in [0.25, 0.3) is 0 Å². The Kier molecular flexibility index (Phi) is 6.48. The predicted molar refractivity (Wildman–Crippen MR) is 105 cm³/mol. The van der Waals surface area contributed by atoms with E-state index in [1.54, 1.807) is 0 Å². The topological polar surface area (TPSA) is 67.8 Å². The molecule has 0 aliphatic heterocycles. The summed E-state index contributed by atoms with van der Waals surface area (Å²) in [7, 11) is 0. The van der Waals surface area contributed by atoms with Crippen molar-refractivity contribution < 1.29 is 19.4 Å². The number of carbonyl (C=O) groups excluding carboxylic acids is 1. The monoisotopic (exact) mass is 369 g/mol. The molecule has 0 bridgehead atoms. The van der Waals surface area contributed by atoms with Crippen LogP contribution in [0.15, 0.2) is 48.5 Å². The highest BCUT2D eigenvalue weighted by molar-refractivity contribution is 5.79. The van der Waals surface area contributed by atoms with Gasteiger partial charge in [-0.05, 0) is 28.2 Å². The normalized spacial score (nSPS) is 13.9. The van der Waals surface area contributed by atoms with E-state index >= 15 is 0 Å². The van der Waals surface area contributed by atoms with Gasteiger partial charge in [-0.2, -0.15) is 0 Å². The van der Waals surface area contributed by atoms with Crippen LogP contribution in [0, 0.1) is 5.92 Å². The van der Waals surface area contributed by atoms with Gasteiger partial charge in [0.2, 0.25) is 0 Å². The number of aliphatic hydroxyl groups is 1. The number of fused-ring (bicyclic) bond motifs is 3. The first-order valence-electron chi connectivity index (χ1n) is 9.41. The highest BCUT2D eigenvalue weighted by Gasteiger charge is 2.28. The summed E-state index contributed by atoms with van der Waals surface area (Å²) in [5, 5.41) is 12.5. The molecule has 0 heterocycles. The summed E-state index contributed by atoms with van der Waals surface area (Å²) in [6.07, 6.45) is -1.27. The zero-order valence-electron chi connectivity index (χ0n) is 15.9. The van der Waals surface area contributed by atoms with Gasteiger partial charge in [-0.15, -0.1) is 0 Å². The van der Waals surface area contributed by atoms with Crippen LogP contribution in [0.4, 0.5) is 4.79 Å². The van der Waals surface area contributed by atoms with E-state index in [9.17, 15) is 9.90 Å². The summed E-state index contributed by atoms with van der Waals surface area (Å²) in [6, 6.07) is 16.4. The van der Waals surface area contributed by atoms with Crippen LogP contribution in [-0.2, 0) is 9.47 Å². The summed E-state index contributed by atoms with van der Waals surface area (Å²) in [5.74, 6) is 0.440. The third kappa shape index (κ3) is 4.87. The molecule has 5 nitrogen and oxygen atoms in total. The molecule has 0 saturated carbocycles. The summed E-state index contributed by atoms with van der Waals surface area (Å²) in [6.45, 7) is 5.24. The molecule has 3 rings (SSSR count). The zero-order valence-corrected chi connectivity index (χ0v) is 15.9. The summed E-state index contributed by atoms with van der Waals surface area (Å²) < 4.78 is 10.8. The molecular formula is C22H27NO4. The van der Waals surface area contributed by atoms with E-state index in [1.165, 1.54) is 22.3 Å². The number of nitrogens with one attached hydrogen (secondary N) is 1. The number of ether oxygens (including phenoxy) is 2. The maximum Gasteiger partial charge on any atom is 0.407 e. The summed E-state index contributed by atoms with van der Waals surface area (Å²) in [5.41, 5.74) is 4.74. The maximum absolute atomic E-state index is 12.0. The Morgan fingerprint density at radius 2 is 1.63 bits per heavy atom. The van der Waals surface area contributed by atoms with Crippen molar-refractivity contribution >= 4 is 6.09 Å². The summed E-state index contributed by atoms with van der Waals surface area (Å²) in [4.78, 5) is 12.0. The summed E-state index contributed by atoms with van der Waals surface area (Å²) >= 11 is 0. The lowest BCUT2D eigenvalue weighted by Gasteiger charge is -2.16.